The molecule has 2 heterocycles. The van der Waals surface area contributed by atoms with E-state index in [9.17, 15) is 14.7 Å². The highest BCUT2D eigenvalue weighted by atomic mass is 35.5. The zero-order chi connectivity index (χ0) is 17.3. The van der Waals surface area contributed by atoms with Gasteiger partial charge in [0, 0.05) is 0 Å². The number of carbonyl (C=O) groups is 2. The highest BCUT2D eigenvalue weighted by Crippen LogP contribution is 2.24. The Bertz CT molecular complexity index is 987. The predicted molar refractivity (Wildman–Crippen MR) is 96.0 cm³/mol. The van der Waals surface area contributed by atoms with Crippen molar-refractivity contribution in [3.8, 4) is 0 Å². The quantitative estimate of drug-likeness (QED) is 0.737. The van der Waals surface area contributed by atoms with Gasteiger partial charge in [0.15, 0.2) is 4.80 Å². The van der Waals surface area contributed by atoms with Crippen molar-refractivity contribution in [2.75, 3.05) is 0 Å². The summed E-state index contributed by atoms with van der Waals surface area (Å²) in [7, 11) is 0. The molecule has 1 aromatic carbocycles. The molecule has 0 saturated carbocycles. The van der Waals surface area contributed by atoms with E-state index in [1.807, 2.05) is 24.3 Å². The number of para-hydroxylation sites is 1. The maximum Gasteiger partial charge on any atom is 0.326 e. The number of thiophene rings is 1. The van der Waals surface area contributed by atoms with Crippen molar-refractivity contribution in [3.05, 3.63) is 50.4 Å². The van der Waals surface area contributed by atoms with Gasteiger partial charge >= 0.3 is 5.97 Å². The molecule has 0 aliphatic rings. The van der Waals surface area contributed by atoms with Gasteiger partial charge in [0.1, 0.15) is 6.04 Å². The van der Waals surface area contributed by atoms with Crippen LogP contribution in [0.5, 0.6) is 0 Å². The number of thiazole rings is 1. The fraction of sp³-hybridized carbons (Fsp3) is 0.188. The van der Waals surface area contributed by atoms with Gasteiger partial charge in [-0.1, -0.05) is 42.0 Å². The molecule has 2 aromatic heterocycles. The molecular formula is C16H13ClN2O3S2. The van der Waals surface area contributed by atoms with Crippen LogP contribution in [0.1, 0.15) is 29.1 Å². The number of hydrogen-bond acceptors (Lipinski definition) is 4. The summed E-state index contributed by atoms with van der Waals surface area (Å²) in [4.78, 5) is 29.0. The smallest absolute Gasteiger partial charge is 0.326 e. The molecule has 124 valence electrons. The maximum atomic E-state index is 12.4. The normalized spacial score (nSPS) is 13.3. The Morgan fingerprint density at radius 3 is 2.62 bits per heavy atom. The summed E-state index contributed by atoms with van der Waals surface area (Å²) >= 11 is 8.31. The molecule has 1 atom stereocenters. The molecule has 0 bridgehead atoms. The van der Waals surface area contributed by atoms with Gasteiger partial charge in [0.2, 0.25) is 0 Å². The molecule has 3 aromatic rings. The summed E-state index contributed by atoms with van der Waals surface area (Å²) in [6.07, 6.45) is 0.391. The standard InChI is InChI=1S/C16H13ClN2O3S2/c1-2-9(15(21)22)19-10-5-3-4-6-11(10)24-16(19)18-14(20)12-7-8-13(17)23-12/h3-9H,2H2,1H3,(H,21,22). The molecule has 24 heavy (non-hydrogen) atoms. The SMILES string of the molecule is CCC(C(=O)O)n1c(=NC(=O)c2ccc(Cl)s2)sc2ccccc21. The number of carboxylic acids is 1. The number of aliphatic carboxylic acids is 1. The van der Waals surface area contributed by atoms with Gasteiger partial charge in [0.25, 0.3) is 5.91 Å². The summed E-state index contributed by atoms with van der Waals surface area (Å²) in [5, 5.41) is 9.53. The molecule has 3 rings (SSSR count). The number of halogens is 1. The van der Waals surface area contributed by atoms with Crippen LogP contribution in [-0.2, 0) is 4.79 Å². The van der Waals surface area contributed by atoms with Crippen LogP contribution in [0.2, 0.25) is 4.34 Å². The molecule has 1 N–H and O–H groups in total. The van der Waals surface area contributed by atoms with Crippen molar-refractivity contribution in [3.63, 3.8) is 0 Å². The predicted octanol–water partition coefficient (Wildman–Crippen LogP) is 4.19. The van der Waals surface area contributed by atoms with Crippen LogP contribution < -0.4 is 4.80 Å². The average Bonchev–Trinajstić information content (AvgIpc) is 3.12. The van der Waals surface area contributed by atoms with Crippen molar-refractivity contribution in [1.29, 1.82) is 0 Å². The van der Waals surface area contributed by atoms with Gasteiger partial charge in [0.05, 0.1) is 19.4 Å². The second-order valence-electron chi connectivity index (χ2n) is 5.01. The first-order valence-electron chi connectivity index (χ1n) is 7.18. The lowest BCUT2D eigenvalue weighted by atomic mass is 10.2. The molecule has 1 amide bonds. The minimum atomic E-state index is -0.950. The van der Waals surface area contributed by atoms with Crippen molar-refractivity contribution in [1.82, 2.24) is 4.57 Å². The Kier molecular flexibility index (Phi) is 4.84. The van der Waals surface area contributed by atoms with Gasteiger partial charge in [-0.3, -0.25) is 4.79 Å². The largest absolute Gasteiger partial charge is 0.480 e. The van der Waals surface area contributed by atoms with Gasteiger partial charge in [-0.15, -0.1) is 11.3 Å². The number of carboxylic acid groups (broad SMARTS) is 1. The first-order valence-corrected chi connectivity index (χ1v) is 9.19. The first kappa shape index (κ1) is 16.9. The topological polar surface area (TPSA) is 71.7 Å². The number of nitrogens with zero attached hydrogens (tertiary/aromatic N) is 2. The third kappa shape index (κ3) is 3.15. The number of carbonyl (C=O) groups excluding carboxylic acids is 1. The molecule has 0 radical (unpaired) electrons. The van der Waals surface area contributed by atoms with Crippen LogP contribution in [-0.4, -0.2) is 21.6 Å². The molecular weight excluding hydrogens is 368 g/mol. The van der Waals surface area contributed by atoms with Crippen molar-refractivity contribution in [2.45, 2.75) is 19.4 Å². The van der Waals surface area contributed by atoms with E-state index in [1.165, 1.54) is 11.3 Å². The summed E-state index contributed by atoms with van der Waals surface area (Å²) in [5.41, 5.74) is 0.757. The molecule has 0 aliphatic heterocycles. The van der Waals surface area contributed by atoms with E-state index in [0.29, 0.717) is 20.4 Å². The Hall–Kier alpha value is -1.96. The third-order valence-corrected chi connectivity index (χ3v) is 5.75. The van der Waals surface area contributed by atoms with Crippen LogP contribution in [0.3, 0.4) is 0 Å². The lowest BCUT2D eigenvalue weighted by Crippen LogP contribution is -2.27. The lowest BCUT2D eigenvalue weighted by Gasteiger charge is -2.13. The van der Waals surface area contributed by atoms with Gasteiger partial charge in [-0.25, -0.2) is 4.79 Å². The van der Waals surface area contributed by atoms with Gasteiger partial charge < -0.3 is 9.67 Å². The summed E-state index contributed by atoms with van der Waals surface area (Å²) in [6, 6.07) is 9.91. The Morgan fingerprint density at radius 2 is 2.00 bits per heavy atom. The molecule has 0 fully saturated rings. The molecule has 1 unspecified atom stereocenters. The average molecular weight is 381 g/mol. The van der Waals surface area contributed by atoms with Gasteiger partial charge in [-0.2, -0.15) is 4.99 Å². The van der Waals surface area contributed by atoms with E-state index in [1.54, 1.807) is 23.6 Å². The van der Waals surface area contributed by atoms with E-state index in [4.69, 9.17) is 11.6 Å². The van der Waals surface area contributed by atoms with Crippen molar-refractivity contribution in [2.24, 2.45) is 4.99 Å². The molecule has 5 nitrogen and oxygen atoms in total. The number of amides is 1. The van der Waals surface area contributed by atoms with Crippen LogP contribution in [0, 0.1) is 0 Å². The number of fused-ring (bicyclic) bond motifs is 1. The number of benzene rings is 1. The monoisotopic (exact) mass is 380 g/mol. The van der Waals surface area contributed by atoms with Crippen molar-refractivity contribution >= 4 is 56.4 Å². The Labute approximate surface area is 150 Å². The zero-order valence-corrected chi connectivity index (χ0v) is 15.0. The van der Waals surface area contributed by atoms with E-state index >= 15 is 0 Å². The number of rotatable bonds is 4. The summed E-state index contributed by atoms with van der Waals surface area (Å²) < 4.78 is 3.01. The third-order valence-electron chi connectivity index (χ3n) is 3.50. The van der Waals surface area contributed by atoms with Crippen LogP contribution >= 0.6 is 34.3 Å². The molecule has 0 aliphatic carbocycles. The second-order valence-corrected chi connectivity index (χ2v) is 7.73. The Morgan fingerprint density at radius 1 is 1.25 bits per heavy atom. The van der Waals surface area contributed by atoms with Crippen LogP contribution in [0.25, 0.3) is 10.2 Å². The molecule has 0 spiro atoms. The summed E-state index contributed by atoms with van der Waals surface area (Å²) in [5.74, 6) is -1.37. The van der Waals surface area contributed by atoms with E-state index in [-0.39, 0.29) is 0 Å². The maximum absolute atomic E-state index is 12.4. The van der Waals surface area contributed by atoms with E-state index in [2.05, 4.69) is 4.99 Å². The minimum absolute atomic E-state index is 0.375. The Balaban J connectivity index is 2.21. The number of hydrogen-bond donors (Lipinski definition) is 1. The van der Waals surface area contributed by atoms with Crippen LogP contribution in [0.4, 0.5) is 0 Å². The van der Waals surface area contributed by atoms with E-state index < -0.39 is 17.9 Å². The fourth-order valence-corrected chi connectivity index (χ4v) is 4.40. The highest BCUT2D eigenvalue weighted by molar-refractivity contribution is 7.18. The number of aromatic nitrogens is 1. The minimum Gasteiger partial charge on any atom is -0.480 e. The fourth-order valence-electron chi connectivity index (χ4n) is 2.41. The van der Waals surface area contributed by atoms with E-state index in [0.717, 1.165) is 21.6 Å². The second kappa shape index (κ2) is 6.88. The lowest BCUT2D eigenvalue weighted by molar-refractivity contribution is -0.140. The molecule has 0 saturated heterocycles. The first-order chi connectivity index (χ1) is 11.5. The summed E-state index contributed by atoms with van der Waals surface area (Å²) in [6.45, 7) is 1.79. The molecule has 8 heteroatoms. The van der Waals surface area contributed by atoms with Crippen molar-refractivity contribution < 1.29 is 14.7 Å². The highest BCUT2D eigenvalue weighted by Gasteiger charge is 2.22. The zero-order valence-electron chi connectivity index (χ0n) is 12.6. The van der Waals surface area contributed by atoms with Gasteiger partial charge in [-0.05, 0) is 30.7 Å². The van der Waals surface area contributed by atoms with Crippen LogP contribution in [0.15, 0.2) is 41.4 Å².